The minimum atomic E-state index is -3.73. The van der Waals surface area contributed by atoms with Crippen LogP contribution in [0.5, 0.6) is 0 Å². The van der Waals surface area contributed by atoms with E-state index >= 15 is 0 Å². The van der Waals surface area contributed by atoms with E-state index in [1.165, 1.54) is 36.1 Å². The Labute approximate surface area is 194 Å². The summed E-state index contributed by atoms with van der Waals surface area (Å²) in [5.41, 5.74) is 1.31. The molecule has 0 fully saturated rings. The Kier molecular flexibility index (Phi) is 9.95. The first-order valence-electron chi connectivity index (χ1n) is 10.5. The molecule has 0 spiro atoms. The summed E-state index contributed by atoms with van der Waals surface area (Å²) in [4.78, 5) is 27.1. The Morgan fingerprint density at radius 1 is 1.03 bits per heavy atom. The molecule has 2 aromatic carbocycles. The van der Waals surface area contributed by atoms with Gasteiger partial charge in [-0.05, 0) is 36.6 Å². The third kappa shape index (κ3) is 8.56. The summed E-state index contributed by atoms with van der Waals surface area (Å²) in [6, 6.07) is 13.5. The van der Waals surface area contributed by atoms with Crippen LogP contribution >= 0.6 is 0 Å². The smallest absolute Gasteiger partial charge is 0.242 e. The first kappa shape index (κ1) is 26.4. The van der Waals surface area contributed by atoms with E-state index in [4.69, 9.17) is 5.11 Å². The van der Waals surface area contributed by atoms with Crippen molar-refractivity contribution in [1.29, 1.82) is 0 Å². The minimum Gasteiger partial charge on any atom is -0.396 e. The number of nitrogens with zero attached hydrogens (tertiary/aromatic N) is 2. The summed E-state index contributed by atoms with van der Waals surface area (Å²) in [5, 5.41) is 11.6. The Hall–Kier alpha value is -2.82. The van der Waals surface area contributed by atoms with Gasteiger partial charge >= 0.3 is 0 Å². The van der Waals surface area contributed by atoms with Gasteiger partial charge in [0.15, 0.2) is 0 Å². The van der Waals surface area contributed by atoms with Crippen molar-refractivity contribution in [3.63, 3.8) is 0 Å². The molecule has 0 aliphatic rings. The SMILES string of the molecule is C[C@H](C(=O)NCCCO)N(Cc1ccc(F)cc1)C(=O)CN(Cc1ccccc1)S(C)(=O)=O. The Morgan fingerprint density at radius 2 is 1.64 bits per heavy atom. The van der Waals surface area contributed by atoms with Crippen LogP contribution in [0.15, 0.2) is 54.6 Å². The number of carbonyl (C=O) groups excluding carboxylic acids is 2. The first-order chi connectivity index (χ1) is 15.6. The molecule has 0 aromatic heterocycles. The van der Waals surface area contributed by atoms with Crippen LogP contribution in [0.4, 0.5) is 4.39 Å². The van der Waals surface area contributed by atoms with Gasteiger partial charge in [-0.1, -0.05) is 42.5 Å². The number of hydrogen-bond donors (Lipinski definition) is 2. The number of halogens is 1. The number of sulfonamides is 1. The zero-order valence-corrected chi connectivity index (χ0v) is 19.6. The molecule has 0 aliphatic carbocycles. The van der Waals surface area contributed by atoms with Gasteiger partial charge in [0, 0.05) is 26.2 Å². The number of amides is 2. The summed E-state index contributed by atoms with van der Waals surface area (Å²) < 4.78 is 39.1. The lowest BCUT2D eigenvalue weighted by Gasteiger charge is -2.31. The number of benzene rings is 2. The standard InChI is InChI=1S/C23H30FN3O5S/c1-18(23(30)25-13-6-14-28)27(16-20-9-11-21(24)12-10-20)22(29)17-26(33(2,31)32)15-19-7-4-3-5-8-19/h3-5,7-12,18,28H,6,13-17H2,1-2H3,(H,25,30)/t18-/m1/s1. The van der Waals surface area contributed by atoms with Gasteiger partial charge < -0.3 is 15.3 Å². The summed E-state index contributed by atoms with van der Waals surface area (Å²) in [6.45, 7) is 1.24. The van der Waals surface area contributed by atoms with Crippen LogP contribution in [0.1, 0.15) is 24.5 Å². The molecule has 0 bridgehead atoms. The second-order valence-electron chi connectivity index (χ2n) is 7.71. The molecule has 0 unspecified atom stereocenters. The monoisotopic (exact) mass is 479 g/mol. The van der Waals surface area contributed by atoms with Crippen molar-refractivity contribution >= 4 is 21.8 Å². The molecule has 2 rings (SSSR count). The molecule has 1 atom stereocenters. The summed E-state index contributed by atoms with van der Waals surface area (Å²) >= 11 is 0. The molecule has 0 radical (unpaired) electrons. The first-order valence-corrected chi connectivity index (χ1v) is 12.4. The molecule has 2 N–H and O–H groups in total. The lowest BCUT2D eigenvalue weighted by atomic mass is 10.1. The number of hydrogen-bond acceptors (Lipinski definition) is 5. The molecule has 0 saturated heterocycles. The zero-order valence-electron chi connectivity index (χ0n) is 18.8. The fourth-order valence-electron chi connectivity index (χ4n) is 3.13. The molecular formula is C23H30FN3O5S. The van der Waals surface area contributed by atoms with Crippen LogP contribution in [0.3, 0.4) is 0 Å². The maximum Gasteiger partial charge on any atom is 0.242 e. The van der Waals surface area contributed by atoms with E-state index in [0.29, 0.717) is 12.0 Å². The van der Waals surface area contributed by atoms with E-state index in [9.17, 15) is 22.4 Å². The average molecular weight is 480 g/mol. The van der Waals surface area contributed by atoms with E-state index in [0.717, 1.165) is 16.1 Å². The molecule has 33 heavy (non-hydrogen) atoms. The van der Waals surface area contributed by atoms with Gasteiger partial charge in [0.1, 0.15) is 11.9 Å². The van der Waals surface area contributed by atoms with Crippen LogP contribution in [-0.4, -0.2) is 66.5 Å². The Morgan fingerprint density at radius 3 is 2.21 bits per heavy atom. The maximum absolute atomic E-state index is 13.3. The lowest BCUT2D eigenvalue weighted by molar-refractivity contribution is -0.140. The molecule has 10 heteroatoms. The van der Waals surface area contributed by atoms with E-state index < -0.39 is 40.2 Å². The quantitative estimate of drug-likeness (QED) is 0.449. The van der Waals surface area contributed by atoms with Crippen molar-refractivity contribution in [1.82, 2.24) is 14.5 Å². The normalized spacial score (nSPS) is 12.4. The molecule has 0 heterocycles. The second-order valence-corrected chi connectivity index (χ2v) is 9.69. The highest BCUT2D eigenvalue weighted by Gasteiger charge is 2.29. The topological polar surface area (TPSA) is 107 Å². The van der Waals surface area contributed by atoms with Crippen LogP contribution < -0.4 is 5.32 Å². The van der Waals surface area contributed by atoms with E-state index in [-0.39, 0.29) is 26.2 Å². The second kappa shape index (κ2) is 12.4. The van der Waals surface area contributed by atoms with Crippen molar-refractivity contribution in [2.45, 2.75) is 32.5 Å². The fraction of sp³-hybridized carbons (Fsp3) is 0.391. The van der Waals surface area contributed by atoms with Crippen LogP contribution in [0.2, 0.25) is 0 Å². The van der Waals surface area contributed by atoms with Gasteiger partial charge in [-0.2, -0.15) is 4.31 Å². The highest BCUT2D eigenvalue weighted by Crippen LogP contribution is 2.14. The lowest BCUT2D eigenvalue weighted by Crippen LogP contribution is -2.51. The Balaban J connectivity index is 2.25. The average Bonchev–Trinajstić information content (AvgIpc) is 2.78. The number of carbonyl (C=O) groups is 2. The summed E-state index contributed by atoms with van der Waals surface area (Å²) in [7, 11) is -3.73. The molecular weight excluding hydrogens is 449 g/mol. The third-order valence-electron chi connectivity index (χ3n) is 5.05. The molecule has 0 saturated carbocycles. The van der Waals surface area contributed by atoms with Crippen LogP contribution in [0.25, 0.3) is 0 Å². The Bertz CT molecular complexity index is 1020. The van der Waals surface area contributed by atoms with Gasteiger partial charge in [0.2, 0.25) is 21.8 Å². The number of aliphatic hydroxyl groups is 1. The molecule has 8 nitrogen and oxygen atoms in total. The van der Waals surface area contributed by atoms with Crippen molar-refractivity contribution in [2.75, 3.05) is 26.0 Å². The van der Waals surface area contributed by atoms with E-state index in [1.54, 1.807) is 30.3 Å². The van der Waals surface area contributed by atoms with Crippen molar-refractivity contribution in [3.05, 3.63) is 71.5 Å². The van der Waals surface area contributed by atoms with Gasteiger partial charge in [-0.15, -0.1) is 0 Å². The van der Waals surface area contributed by atoms with E-state index in [1.807, 2.05) is 0 Å². The van der Waals surface area contributed by atoms with Gasteiger partial charge in [0.05, 0.1) is 12.8 Å². The van der Waals surface area contributed by atoms with Crippen molar-refractivity contribution < 1.29 is 27.5 Å². The summed E-state index contributed by atoms with van der Waals surface area (Å²) in [6.07, 6.45) is 1.39. The highest BCUT2D eigenvalue weighted by molar-refractivity contribution is 7.88. The van der Waals surface area contributed by atoms with Crippen LogP contribution in [-0.2, 0) is 32.7 Å². The zero-order chi connectivity index (χ0) is 24.4. The largest absolute Gasteiger partial charge is 0.396 e. The van der Waals surface area contributed by atoms with E-state index in [2.05, 4.69) is 5.32 Å². The predicted molar refractivity (Wildman–Crippen MR) is 123 cm³/mol. The molecule has 2 aromatic rings. The van der Waals surface area contributed by atoms with Gasteiger partial charge in [-0.3, -0.25) is 9.59 Å². The van der Waals surface area contributed by atoms with Crippen molar-refractivity contribution in [2.24, 2.45) is 0 Å². The van der Waals surface area contributed by atoms with Gasteiger partial charge in [-0.25, -0.2) is 12.8 Å². The fourth-order valence-corrected chi connectivity index (χ4v) is 3.86. The molecule has 0 aliphatic heterocycles. The summed E-state index contributed by atoms with van der Waals surface area (Å²) in [5.74, 6) is -1.43. The highest BCUT2D eigenvalue weighted by atomic mass is 32.2. The maximum atomic E-state index is 13.3. The molecule has 2 amide bonds. The molecule has 180 valence electrons. The van der Waals surface area contributed by atoms with Gasteiger partial charge in [0.25, 0.3) is 0 Å². The van der Waals surface area contributed by atoms with Crippen molar-refractivity contribution in [3.8, 4) is 0 Å². The predicted octanol–water partition coefficient (Wildman–Crippen LogP) is 1.50. The third-order valence-corrected chi connectivity index (χ3v) is 6.25. The number of rotatable bonds is 12. The number of aliphatic hydroxyl groups excluding tert-OH is 1. The van der Waals surface area contributed by atoms with Crippen LogP contribution in [0, 0.1) is 5.82 Å². The number of nitrogens with one attached hydrogen (secondary N) is 1. The minimum absolute atomic E-state index is 0.00333.